The fraction of sp³-hybridized carbons (Fsp3) is 0.458. The summed E-state index contributed by atoms with van der Waals surface area (Å²) in [5, 5.41) is 14.7. The van der Waals surface area contributed by atoms with Crippen LogP contribution in [0.4, 0.5) is 13.2 Å². The van der Waals surface area contributed by atoms with Gasteiger partial charge in [-0.1, -0.05) is 12.1 Å². The third kappa shape index (κ3) is 5.26. The standard InChI is InChI=1S/C24H27F3N4O3S/c1-23(15-5-7-16(25)8-6-15)19(22(33)34-2)18(29-20(30-23)21-28-9-11-35-21)13-31-14-24(26,27)12-17(31)4-3-10-32/h5-9,11,17,32H,3-4,10,12-14H2,1-2H3,(H,29,30). The van der Waals surface area contributed by atoms with Gasteiger partial charge in [0, 0.05) is 42.9 Å². The van der Waals surface area contributed by atoms with Crippen molar-refractivity contribution < 1.29 is 27.8 Å². The molecule has 0 saturated carbocycles. The molecular formula is C24H27F3N4O3S. The van der Waals surface area contributed by atoms with Crippen LogP contribution < -0.4 is 5.32 Å². The first-order chi connectivity index (χ1) is 16.7. The predicted octanol–water partition coefficient (Wildman–Crippen LogP) is 3.46. The van der Waals surface area contributed by atoms with Crippen LogP contribution >= 0.6 is 11.3 Å². The Bertz CT molecular complexity index is 1120. The van der Waals surface area contributed by atoms with Crippen molar-refractivity contribution in [3.05, 3.63) is 63.5 Å². The number of aromatic nitrogens is 1. The van der Waals surface area contributed by atoms with E-state index in [0.717, 1.165) is 0 Å². The molecule has 2 aromatic rings. The van der Waals surface area contributed by atoms with Gasteiger partial charge in [0.25, 0.3) is 5.92 Å². The summed E-state index contributed by atoms with van der Waals surface area (Å²) in [4.78, 5) is 23.8. The minimum absolute atomic E-state index is 0.0112. The smallest absolute Gasteiger partial charge is 0.338 e. The summed E-state index contributed by atoms with van der Waals surface area (Å²) in [5.74, 6) is -3.61. The first-order valence-corrected chi connectivity index (χ1v) is 12.1. The number of nitrogens with zero attached hydrogens (tertiary/aromatic N) is 3. The molecule has 1 fully saturated rings. The number of methoxy groups -OCH3 is 1. The minimum Gasteiger partial charge on any atom is -0.466 e. The number of rotatable bonds is 8. The number of halogens is 3. The van der Waals surface area contributed by atoms with Crippen molar-refractivity contribution in [3.63, 3.8) is 0 Å². The molecule has 2 unspecified atom stereocenters. The lowest BCUT2D eigenvalue weighted by Crippen LogP contribution is -2.45. The van der Waals surface area contributed by atoms with E-state index < -0.39 is 35.8 Å². The number of likely N-dealkylation sites (tertiary alicyclic amines) is 1. The molecule has 35 heavy (non-hydrogen) atoms. The molecular weight excluding hydrogens is 481 g/mol. The summed E-state index contributed by atoms with van der Waals surface area (Å²) in [6.07, 6.45) is 2.09. The number of carbonyl (C=O) groups excluding carboxylic acids is 1. The maximum absolute atomic E-state index is 14.4. The number of aliphatic hydroxyl groups excluding tert-OH is 1. The van der Waals surface area contributed by atoms with Crippen LogP contribution in [0.5, 0.6) is 0 Å². The van der Waals surface area contributed by atoms with Gasteiger partial charge in [-0.25, -0.2) is 27.9 Å². The lowest BCUT2D eigenvalue weighted by molar-refractivity contribution is -0.137. The Kier molecular flexibility index (Phi) is 7.30. The van der Waals surface area contributed by atoms with Crippen molar-refractivity contribution in [2.75, 3.05) is 26.8 Å². The summed E-state index contributed by atoms with van der Waals surface area (Å²) in [6.45, 7) is 1.16. The van der Waals surface area contributed by atoms with Gasteiger partial charge in [0.05, 0.1) is 19.2 Å². The van der Waals surface area contributed by atoms with Crippen molar-refractivity contribution >= 4 is 23.1 Å². The number of ether oxygens (including phenoxy) is 1. The van der Waals surface area contributed by atoms with Crippen LogP contribution in [-0.2, 0) is 15.1 Å². The average molecular weight is 509 g/mol. The molecule has 0 bridgehead atoms. The molecule has 2 aliphatic rings. The van der Waals surface area contributed by atoms with Crippen molar-refractivity contribution in [3.8, 4) is 0 Å². The topological polar surface area (TPSA) is 87.0 Å². The third-order valence-electron chi connectivity index (χ3n) is 6.37. The number of esters is 1. The summed E-state index contributed by atoms with van der Waals surface area (Å²) in [6, 6.07) is 5.17. The van der Waals surface area contributed by atoms with E-state index in [-0.39, 0.29) is 25.1 Å². The van der Waals surface area contributed by atoms with E-state index in [1.165, 1.54) is 42.7 Å². The maximum Gasteiger partial charge on any atom is 0.338 e. The van der Waals surface area contributed by atoms with Crippen molar-refractivity contribution in [1.82, 2.24) is 15.2 Å². The molecule has 2 N–H and O–H groups in total. The first kappa shape index (κ1) is 25.3. The van der Waals surface area contributed by atoms with Gasteiger partial charge in [0.1, 0.15) is 11.4 Å². The van der Waals surface area contributed by atoms with Crippen molar-refractivity contribution in [2.45, 2.75) is 43.7 Å². The molecule has 1 aromatic heterocycles. The highest BCUT2D eigenvalue weighted by molar-refractivity contribution is 7.11. The highest BCUT2D eigenvalue weighted by atomic mass is 32.1. The zero-order valence-corrected chi connectivity index (χ0v) is 20.2. The number of aliphatic hydroxyl groups is 1. The molecule has 11 heteroatoms. The second-order valence-corrected chi connectivity index (χ2v) is 9.73. The van der Waals surface area contributed by atoms with Gasteiger partial charge < -0.3 is 15.2 Å². The number of thiazole rings is 1. The van der Waals surface area contributed by atoms with Crippen molar-refractivity contribution in [2.24, 2.45) is 4.99 Å². The fourth-order valence-electron chi connectivity index (χ4n) is 4.74. The van der Waals surface area contributed by atoms with E-state index in [1.807, 2.05) is 0 Å². The highest BCUT2D eigenvalue weighted by Gasteiger charge is 2.47. The van der Waals surface area contributed by atoms with E-state index in [9.17, 15) is 23.1 Å². The maximum atomic E-state index is 14.4. The number of hydrogen-bond donors (Lipinski definition) is 2. The number of aliphatic imine (C=N–C) groups is 1. The molecule has 7 nitrogen and oxygen atoms in total. The number of carbonyl (C=O) groups is 1. The molecule has 0 amide bonds. The van der Waals surface area contributed by atoms with Crippen LogP contribution in [0, 0.1) is 5.82 Å². The minimum atomic E-state index is -2.88. The quantitative estimate of drug-likeness (QED) is 0.532. The van der Waals surface area contributed by atoms with Gasteiger partial charge in [0.2, 0.25) is 0 Å². The monoisotopic (exact) mass is 508 g/mol. The fourth-order valence-corrected chi connectivity index (χ4v) is 5.32. The zero-order chi connectivity index (χ0) is 25.2. The third-order valence-corrected chi connectivity index (χ3v) is 7.15. The molecule has 4 rings (SSSR count). The Morgan fingerprint density at radius 3 is 2.71 bits per heavy atom. The number of hydrogen-bond acceptors (Lipinski definition) is 8. The molecule has 2 atom stereocenters. The molecule has 1 aromatic carbocycles. The van der Waals surface area contributed by atoms with E-state index in [4.69, 9.17) is 9.73 Å². The average Bonchev–Trinajstić information content (AvgIpc) is 3.45. The molecule has 0 aliphatic carbocycles. The normalized spacial score (nSPS) is 24.3. The van der Waals surface area contributed by atoms with E-state index in [1.54, 1.807) is 23.4 Å². The number of alkyl halides is 2. The molecule has 0 radical (unpaired) electrons. The van der Waals surface area contributed by atoms with Crippen LogP contribution in [0.3, 0.4) is 0 Å². The van der Waals surface area contributed by atoms with Gasteiger partial charge in [-0.05, 0) is 37.5 Å². The van der Waals surface area contributed by atoms with E-state index >= 15 is 0 Å². The second kappa shape index (κ2) is 10.1. The highest BCUT2D eigenvalue weighted by Crippen LogP contribution is 2.40. The van der Waals surface area contributed by atoms with Crippen LogP contribution in [0.2, 0.25) is 0 Å². The SMILES string of the molecule is COC(=O)C1=C(CN2CC(F)(F)CC2CCCO)NC(c2nccs2)=NC1(C)c1ccc(F)cc1. The van der Waals surface area contributed by atoms with Gasteiger partial charge in [-0.15, -0.1) is 11.3 Å². The Balaban J connectivity index is 1.82. The van der Waals surface area contributed by atoms with Gasteiger partial charge in [0.15, 0.2) is 10.8 Å². The predicted molar refractivity (Wildman–Crippen MR) is 126 cm³/mol. The Morgan fingerprint density at radius 2 is 2.09 bits per heavy atom. The van der Waals surface area contributed by atoms with Crippen LogP contribution in [0.1, 0.15) is 36.8 Å². The molecule has 0 spiro atoms. The summed E-state index contributed by atoms with van der Waals surface area (Å²) in [5.41, 5.74) is -0.222. The summed E-state index contributed by atoms with van der Waals surface area (Å²) < 4.78 is 47.6. The van der Waals surface area contributed by atoms with E-state index in [0.29, 0.717) is 34.9 Å². The molecule has 2 aliphatic heterocycles. The van der Waals surface area contributed by atoms with Crippen LogP contribution in [0.25, 0.3) is 0 Å². The van der Waals surface area contributed by atoms with Gasteiger partial charge >= 0.3 is 5.97 Å². The molecule has 188 valence electrons. The largest absolute Gasteiger partial charge is 0.466 e. The Hall–Kier alpha value is -2.76. The zero-order valence-electron chi connectivity index (χ0n) is 19.4. The number of amidine groups is 1. The van der Waals surface area contributed by atoms with Gasteiger partial charge in [-0.3, -0.25) is 4.90 Å². The molecule has 1 saturated heterocycles. The summed E-state index contributed by atoms with van der Waals surface area (Å²) >= 11 is 1.33. The van der Waals surface area contributed by atoms with E-state index in [2.05, 4.69) is 10.3 Å². The summed E-state index contributed by atoms with van der Waals surface area (Å²) in [7, 11) is 1.24. The van der Waals surface area contributed by atoms with Crippen molar-refractivity contribution in [1.29, 1.82) is 0 Å². The lowest BCUT2D eigenvalue weighted by Gasteiger charge is -2.36. The van der Waals surface area contributed by atoms with Crippen LogP contribution in [0.15, 0.2) is 52.1 Å². The van der Waals surface area contributed by atoms with Gasteiger partial charge in [-0.2, -0.15) is 0 Å². The molecule has 3 heterocycles. The Labute approximate surface area is 205 Å². The van der Waals surface area contributed by atoms with Crippen LogP contribution in [-0.4, -0.2) is 65.6 Å². The lowest BCUT2D eigenvalue weighted by atomic mass is 9.82. The first-order valence-electron chi connectivity index (χ1n) is 11.2. The number of benzene rings is 1. The second-order valence-electron chi connectivity index (χ2n) is 8.83. The number of nitrogens with one attached hydrogen (secondary N) is 1. The Morgan fingerprint density at radius 1 is 1.34 bits per heavy atom.